The number of rotatable bonds is 5. The first-order valence-electron chi connectivity index (χ1n) is 7.89. The van der Waals surface area contributed by atoms with E-state index in [4.69, 9.17) is 9.72 Å². The summed E-state index contributed by atoms with van der Waals surface area (Å²) in [5.41, 5.74) is 3.69. The Labute approximate surface area is 158 Å². The molecule has 3 rings (SSSR count). The molecule has 0 amide bonds. The highest BCUT2D eigenvalue weighted by Gasteiger charge is 2.13. The van der Waals surface area contributed by atoms with E-state index in [0.29, 0.717) is 18.7 Å². The zero-order chi connectivity index (χ0) is 18.0. The third-order valence-electron chi connectivity index (χ3n) is 3.64. The molecule has 0 aliphatic carbocycles. The summed E-state index contributed by atoms with van der Waals surface area (Å²) in [5.74, 6) is -0.353. The molecule has 5 nitrogen and oxygen atoms in total. The van der Waals surface area contributed by atoms with Crippen LogP contribution in [-0.2, 0) is 11.3 Å². The van der Waals surface area contributed by atoms with E-state index in [9.17, 15) is 4.79 Å². The molecular weight excluding hydrogens is 402 g/mol. The summed E-state index contributed by atoms with van der Waals surface area (Å²) in [7, 11) is 0. The van der Waals surface area contributed by atoms with Crippen molar-refractivity contribution in [3.05, 3.63) is 56.8 Å². The van der Waals surface area contributed by atoms with E-state index in [1.165, 1.54) is 11.8 Å². The van der Waals surface area contributed by atoms with Crippen molar-refractivity contribution >= 4 is 33.2 Å². The molecule has 0 aliphatic heterocycles. The first-order chi connectivity index (χ1) is 12.0. The maximum absolute atomic E-state index is 11.7. The number of ether oxygens (including phenoxy) is 1. The number of benzene rings is 1. The molecule has 0 saturated carbocycles. The van der Waals surface area contributed by atoms with Crippen LogP contribution in [0.2, 0.25) is 0 Å². The topological polar surface area (TPSA) is 57.0 Å². The highest BCUT2D eigenvalue weighted by Crippen LogP contribution is 2.30. The third-order valence-corrected chi connectivity index (χ3v) is 5.16. The maximum Gasteiger partial charge on any atom is 0.341 e. The van der Waals surface area contributed by atoms with E-state index in [1.54, 1.807) is 29.1 Å². The average Bonchev–Trinajstić information content (AvgIpc) is 3.15. The second kappa shape index (κ2) is 7.49. The fraction of sp³-hybridized carbons (Fsp3) is 0.278. The third kappa shape index (κ3) is 4.16. The Bertz CT molecular complexity index is 897. The standard InChI is InChI=1S/C18H18BrN3O2S/c1-4-24-18(23)14-8-20-22(9-14)10-16-12(3)25-17(21-16)13-5-11(2)6-15(19)7-13/h5-9H,4,10H2,1-3H3. The molecule has 7 heteroatoms. The molecule has 3 aromatic rings. The average molecular weight is 420 g/mol. The quantitative estimate of drug-likeness (QED) is 0.566. The molecule has 0 fully saturated rings. The van der Waals surface area contributed by atoms with Crippen LogP contribution in [0.4, 0.5) is 0 Å². The second-order valence-corrected chi connectivity index (χ2v) is 7.81. The summed E-state index contributed by atoms with van der Waals surface area (Å²) in [6, 6.07) is 6.27. The van der Waals surface area contributed by atoms with Gasteiger partial charge in [-0.05, 0) is 44.5 Å². The number of esters is 1. The predicted molar refractivity (Wildman–Crippen MR) is 102 cm³/mol. The minimum Gasteiger partial charge on any atom is -0.462 e. The number of hydrogen-bond acceptors (Lipinski definition) is 5. The van der Waals surface area contributed by atoms with Gasteiger partial charge in [0.2, 0.25) is 0 Å². The van der Waals surface area contributed by atoms with Crippen LogP contribution in [0.5, 0.6) is 0 Å². The monoisotopic (exact) mass is 419 g/mol. The van der Waals surface area contributed by atoms with E-state index in [-0.39, 0.29) is 5.97 Å². The number of carbonyl (C=O) groups is 1. The van der Waals surface area contributed by atoms with Gasteiger partial charge in [0.05, 0.1) is 30.6 Å². The predicted octanol–water partition coefficient (Wildman–Crippen LogP) is 4.61. The van der Waals surface area contributed by atoms with Crippen molar-refractivity contribution in [3.8, 4) is 10.6 Å². The van der Waals surface area contributed by atoms with Crippen LogP contribution in [0, 0.1) is 13.8 Å². The van der Waals surface area contributed by atoms with Crippen molar-refractivity contribution < 1.29 is 9.53 Å². The summed E-state index contributed by atoms with van der Waals surface area (Å²) in [5, 5.41) is 5.22. The van der Waals surface area contributed by atoms with E-state index in [2.05, 4.69) is 53.1 Å². The van der Waals surface area contributed by atoms with Crippen LogP contribution in [0.25, 0.3) is 10.6 Å². The molecule has 0 unspecified atom stereocenters. The van der Waals surface area contributed by atoms with Crippen LogP contribution in [0.15, 0.2) is 35.1 Å². The zero-order valence-corrected chi connectivity index (χ0v) is 16.6. The molecule has 130 valence electrons. The second-order valence-electron chi connectivity index (χ2n) is 5.69. The van der Waals surface area contributed by atoms with E-state index < -0.39 is 0 Å². The Hall–Kier alpha value is -1.99. The number of aryl methyl sites for hydroxylation is 2. The Balaban J connectivity index is 1.82. The lowest BCUT2D eigenvalue weighted by atomic mass is 10.1. The number of carbonyl (C=O) groups excluding carboxylic acids is 1. The van der Waals surface area contributed by atoms with Gasteiger partial charge in [-0.2, -0.15) is 5.10 Å². The number of nitrogens with zero attached hydrogens (tertiary/aromatic N) is 3. The number of thiazole rings is 1. The van der Waals surface area contributed by atoms with Crippen LogP contribution in [0.3, 0.4) is 0 Å². The summed E-state index contributed by atoms with van der Waals surface area (Å²) in [6.07, 6.45) is 3.22. The minimum atomic E-state index is -0.353. The summed E-state index contributed by atoms with van der Waals surface area (Å²) in [6.45, 7) is 6.78. The lowest BCUT2D eigenvalue weighted by molar-refractivity contribution is 0.0526. The molecule has 0 spiro atoms. The van der Waals surface area contributed by atoms with Crippen molar-refractivity contribution in [2.75, 3.05) is 6.61 Å². The molecule has 2 aromatic heterocycles. The van der Waals surface area contributed by atoms with E-state index >= 15 is 0 Å². The highest BCUT2D eigenvalue weighted by molar-refractivity contribution is 9.10. The van der Waals surface area contributed by atoms with Gasteiger partial charge in [-0.25, -0.2) is 9.78 Å². The largest absolute Gasteiger partial charge is 0.462 e. The Morgan fingerprint density at radius 2 is 2.12 bits per heavy atom. The van der Waals surface area contributed by atoms with Crippen molar-refractivity contribution in [1.82, 2.24) is 14.8 Å². The summed E-state index contributed by atoms with van der Waals surface area (Å²) < 4.78 is 7.75. The normalized spacial score (nSPS) is 10.9. The van der Waals surface area contributed by atoms with Gasteiger partial charge in [-0.15, -0.1) is 11.3 Å². The molecular formula is C18H18BrN3O2S. The van der Waals surface area contributed by atoms with Crippen molar-refractivity contribution in [2.45, 2.75) is 27.3 Å². The fourth-order valence-electron chi connectivity index (χ4n) is 2.48. The maximum atomic E-state index is 11.7. The van der Waals surface area contributed by atoms with Crippen LogP contribution >= 0.6 is 27.3 Å². The van der Waals surface area contributed by atoms with Crippen molar-refractivity contribution in [3.63, 3.8) is 0 Å². The lowest BCUT2D eigenvalue weighted by Crippen LogP contribution is -2.04. The van der Waals surface area contributed by atoms with Gasteiger partial charge in [0.1, 0.15) is 5.01 Å². The van der Waals surface area contributed by atoms with Gasteiger partial charge in [0.25, 0.3) is 0 Å². The summed E-state index contributed by atoms with van der Waals surface area (Å²) in [4.78, 5) is 17.6. The first-order valence-corrected chi connectivity index (χ1v) is 9.50. The van der Waals surface area contributed by atoms with Gasteiger partial charge < -0.3 is 4.74 Å². The number of halogens is 1. The van der Waals surface area contributed by atoms with Gasteiger partial charge in [-0.3, -0.25) is 4.68 Å². The van der Waals surface area contributed by atoms with Gasteiger partial charge >= 0.3 is 5.97 Å². The van der Waals surface area contributed by atoms with Crippen molar-refractivity contribution in [1.29, 1.82) is 0 Å². The van der Waals surface area contributed by atoms with E-state index in [1.807, 2.05) is 0 Å². The lowest BCUT2D eigenvalue weighted by Gasteiger charge is -2.01. The molecule has 25 heavy (non-hydrogen) atoms. The number of hydrogen-bond donors (Lipinski definition) is 0. The Morgan fingerprint density at radius 1 is 1.32 bits per heavy atom. The Kier molecular flexibility index (Phi) is 5.34. The molecule has 0 N–H and O–H groups in total. The first kappa shape index (κ1) is 17.8. The van der Waals surface area contributed by atoms with Crippen LogP contribution < -0.4 is 0 Å². The van der Waals surface area contributed by atoms with Crippen LogP contribution in [-0.4, -0.2) is 27.3 Å². The minimum absolute atomic E-state index is 0.352. The Morgan fingerprint density at radius 3 is 2.84 bits per heavy atom. The molecule has 1 aromatic carbocycles. The van der Waals surface area contributed by atoms with E-state index in [0.717, 1.165) is 25.6 Å². The van der Waals surface area contributed by atoms with Crippen LogP contribution in [0.1, 0.15) is 33.4 Å². The van der Waals surface area contributed by atoms with Gasteiger partial charge in [0, 0.05) is 21.1 Å². The van der Waals surface area contributed by atoms with Crippen molar-refractivity contribution in [2.24, 2.45) is 0 Å². The van der Waals surface area contributed by atoms with Gasteiger partial charge in [0.15, 0.2) is 0 Å². The number of aromatic nitrogens is 3. The zero-order valence-electron chi connectivity index (χ0n) is 14.2. The molecule has 0 aliphatic rings. The molecule has 2 heterocycles. The SMILES string of the molecule is CCOC(=O)c1cnn(Cc2nc(-c3cc(C)cc(Br)c3)sc2C)c1. The fourth-order valence-corrected chi connectivity index (χ4v) is 4.00. The molecule has 0 atom stereocenters. The molecule has 0 bridgehead atoms. The highest BCUT2D eigenvalue weighted by atomic mass is 79.9. The summed E-state index contributed by atoms with van der Waals surface area (Å²) >= 11 is 5.20. The smallest absolute Gasteiger partial charge is 0.341 e. The molecule has 0 radical (unpaired) electrons. The van der Waals surface area contributed by atoms with Gasteiger partial charge in [-0.1, -0.05) is 15.9 Å². The molecule has 0 saturated heterocycles.